The van der Waals surface area contributed by atoms with Gasteiger partial charge in [-0.15, -0.1) is 0 Å². The van der Waals surface area contributed by atoms with Gasteiger partial charge >= 0.3 is 0 Å². The molecule has 1 N–H and O–H groups in total. The number of aryl methyl sites for hydroxylation is 1. The first-order valence-corrected chi connectivity index (χ1v) is 7.98. The Morgan fingerprint density at radius 3 is 2.60 bits per heavy atom. The monoisotopic (exact) mass is 271 g/mol. The summed E-state index contributed by atoms with van der Waals surface area (Å²) in [6.45, 7) is 0.895. The van der Waals surface area contributed by atoms with Gasteiger partial charge in [0.15, 0.2) is 0 Å². The smallest absolute Gasteiger partial charge is 0.0841 e. The zero-order valence-corrected chi connectivity index (χ0v) is 12.4. The summed E-state index contributed by atoms with van der Waals surface area (Å²) in [5.41, 5.74) is 2.41. The lowest BCUT2D eigenvalue weighted by atomic mass is 9.96. The van der Waals surface area contributed by atoms with Crippen molar-refractivity contribution in [3.05, 3.63) is 30.0 Å². The fraction of sp³-hybridized carbons (Fsp3) is 0.588. The standard InChI is InChI=1S/C17H25N3/c1-20-17-12-8-7-11-15(17)16(19-20)13-18-14-9-5-3-2-4-6-10-14/h7-8,11-12,14,18H,2-6,9-10,13H2,1H3. The number of nitrogens with zero attached hydrogens (tertiary/aromatic N) is 2. The summed E-state index contributed by atoms with van der Waals surface area (Å²) in [4.78, 5) is 0. The topological polar surface area (TPSA) is 29.9 Å². The Labute approximate surface area is 121 Å². The molecule has 0 aliphatic heterocycles. The molecular formula is C17H25N3. The number of benzene rings is 1. The van der Waals surface area contributed by atoms with E-state index in [-0.39, 0.29) is 0 Å². The number of para-hydroxylation sites is 1. The Kier molecular flexibility index (Phi) is 4.36. The van der Waals surface area contributed by atoms with Crippen LogP contribution in [0, 0.1) is 0 Å². The summed E-state index contributed by atoms with van der Waals surface area (Å²) >= 11 is 0. The number of hydrogen-bond donors (Lipinski definition) is 1. The second-order valence-electron chi connectivity index (χ2n) is 6.01. The molecule has 1 aliphatic carbocycles. The highest BCUT2D eigenvalue weighted by atomic mass is 15.3. The van der Waals surface area contributed by atoms with Gasteiger partial charge in [0.2, 0.25) is 0 Å². The SMILES string of the molecule is Cn1nc(CNC2CCCCCCC2)c2ccccc21. The van der Waals surface area contributed by atoms with Crippen LogP contribution in [0.1, 0.15) is 50.6 Å². The third kappa shape index (κ3) is 3.04. The largest absolute Gasteiger partial charge is 0.308 e. The fourth-order valence-corrected chi connectivity index (χ4v) is 3.32. The number of nitrogens with one attached hydrogen (secondary N) is 1. The summed E-state index contributed by atoms with van der Waals surface area (Å²) in [6, 6.07) is 9.18. The van der Waals surface area contributed by atoms with Gasteiger partial charge < -0.3 is 5.32 Å². The molecule has 1 aromatic carbocycles. The third-order valence-corrected chi connectivity index (χ3v) is 4.50. The van der Waals surface area contributed by atoms with Gasteiger partial charge in [0, 0.05) is 25.0 Å². The number of hydrogen-bond acceptors (Lipinski definition) is 2. The summed E-state index contributed by atoms with van der Waals surface area (Å²) < 4.78 is 1.99. The average molecular weight is 271 g/mol. The molecular weight excluding hydrogens is 246 g/mol. The molecule has 1 aliphatic rings. The molecule has 1 fully saturated rings. The van der Waals surface area contributed by atoms with Gasteiger partial charge in [0.25, 0.3) is 0 Å². The van der Waals surface area contributed by atoms with Gasteiger partial charge in [-0.25, -0.2) is 0 Å². The first-order chi connectivity index (χ1) is 9.84. The molecule has 3 heteroatoms. The predicted octanol–water partition coefficient (Wildman–Crippen LogP) is 3.78. The van der Waals surface area contributed by atoms with Crippen LogP contribution in [0.3, 0.4) is 0 Å². The Bertz CT molecular complexity index is 550. The first-order valence-electron chi connectivity index (χ1n) is 7.98. The van der Waals surface area contributed by atoms with Crippen molar-refractivity contribution in [2.24, 2.45) is 7.05 Å². The molecule has 0 unspecified atom stereocenters. The maximum absolute atomic E-state index is 4.67. The molecule has 108 valence electrons. The van der Waals surface area contributed by atoms with Crippen LogP contribution in [0.4, 0.5) is 0 Å². The van der Waals surface area contributed by atoms with Gasteiger partial charge in [0.05, 0.1) is 11.2 Å². The minimum atomic E-state index is 0.677. The number of rotatable bonds is 3. The Hall–Kier alpha value is -1.35. The van der Waals surface area contributed by atoms with Crippen molar-refractivity contribution >= 4 is 10.9 Å². The molecule has 3 rings (SSSR count). The van der Waals surface area contributed by atoms with Crippen molar-refractivity contribution in [2.45, 2.75) is 57.5 Å². The summed E-state index contributed by atoms with van der Waals surface area (Å²) in [6.07, 6.45) is 9.64. The summed E-state index contributed by atoms with van der Waals surface area (Å²) in [5, 5.41) is 9.69. The lowest BCUT2D eigenvalue weighted by Gasteiger charge is -2.20. The van der Waals surface area contributed by atoms with Gasteiger partial charge in [-0.2, -0.15) is 5.10 Å². The molecule has 0 atom stereocenters. The Morgan fingerprint density at radius 1 is 1.10 bits per heavy atom. The first kappa shape index (κ1) is 13.6. The molecule has 1 saturated carbocycles. The molecule has 0 bridgehead atoms. The van der Waals surface area contributed by atoms with Crippen molar-refractivity contribution in [1.82, 2.24) is 15.1 Å². The van der Waals surface area contributed by atoms with E-state index in [1.54, 1.807) is 0 Å². The van der Waals surface area contributed by atoms with E-state index in [1.807, 2.05) is 11.7 Å². The second kappa shape index (κ2) is 6.40. The summed E-state index contributed by atoms with van der Waals surface area (Å²) in [5.74, 6) is 0. The van der Waals surface area contributed by atoms with Crippen LogP contribution in [-0.2, 0) is 13.6 Å². The number of fused-ring (bicyclic) bond motifs is 1. The molecule has 0 amide bonds. The van der Waals surface area contributed by atoms with Crippen LogP contribution in [-0.4, -0.2) is 15.8 Å². The second-order valence-corrected chi connectivity index (χ2v) is 6.01. The van der Waals surface area contributed by atoms with Gasteiger partial charge in [0.1, 0.15) is 0 Å². The van der Waals surface area contributed by atoms with Crippen LogP contribution in [0.5, 0.6) is 0 Å². The molecule has 0 spiro atoms. The molecule has 20 heavy (non-hydrogen) atoms. The third-order valence-electron chi connectivity index (χ3n) is 4.50. The number of aromatic nitrogens is 2. The van der Waals surface area contributed by atoms with E-state index in [1.165, 1.54) is 61.5 Å². The highest BCUT2D eigenvalue weighted by Crippen LogP contribution is 2.20. The van der Waals surface area contributed by atoms with Crippen LogP contribution >= 0.6 is 0 Å². The zero-order valence-electron chi connectivity index (χ0n) is 12.4. The minimum Gasteiger partial charge on any atom is -0.308 e. The molecule has 1 aromatic heterocycles. The zero-order chi connectivity index (χ0) is 13.8. The quantitative estimate of drug-likeness (QED) is 0.920. The van der Waals surface area contributed by atoms with Crippen molar-refractivity contribution in [1.29, 1.82) is 0 Å². The fourth-order valence-electron chi connectivity index (χ4n) is 3.32. The molecule has 3 nitrogen and oxygen atoms in total. The van der Waals surface area contributed by atoms with Gasteiger partial charge in [-0.3, -0.25) is 4.68 Å². The maximum Gasteiger partial charge on any atom is 0.0841 e. The highest BCUT2D eigenvalue weighted by Gasteiger charge is 2.13. The molecule has 2 aromatic rings. The molecule has 0 saturated heterocycles. The van der Waals surface area contributed by atoms with E-state index in [4.69, 9.17) is 0 Å². The van der Waals surface area contributed by atoms with E-state index < -0.39 is 0 Å². The van der Waals surface area contributed by atoms with E-state index in [9.17, 15) is 0 Å². The van der Waals surface area contributed by atoms with Gasteiger partial charge in [-0.05, 0) is 18.9 Å². The average Bonchev–Trinajstić information content (AvgIpc) is 2.75. The minimum absolute atomic E-state index is 0.677. The molecule has 0 radical (unpaired) electrons. The Balaban J connectivity index is 1.67. The van der Waals surface area contributed by atoms with Crippen LogP contribution in [0.2, 0.25) is 0 Å². The van der Waals surface area contributed by atoms with Crippen molar-refractivity contribution in [2.75, 3.05) is 0 Å². The van der Waals surface area contributed by atoms with Crippen molar-refractivity contribution < 1.29 is 0 Å². The van der Waals surface area contributed by atoms with Crippen LogP contribution in [0.25, 0.3) is 10.9 Å². The predicted molar refractivity (Wildman–Crippen MR) is 83.7 cm³/mol. The van der Waals surface area contributed by atoms with E-state index in [2.05, 4.69) is 34.7 Å². The van der Waals surface area contributed by atoms with Crippen molar-refractivity contribution in [3.63, 3.8) is 0 Å². The normalized spacial score (nSPS) is 18.1. The summed E-state index contributed by atoms with van der Waals surface area (Å²) in [7, 11) is 2.03. The maximum atomic E-state index is 4.67. The Morgan fingerprint density at radius 2 is 1.80 bits per heavy atom. The van der Waals surface area contributed by atoms with Crippen LogP contribution < -0.4 is 5.32 Å². The highest BCUT2D eigenvalue weighted by molar-refractivity contribution is 5.81. The van der Waals surface area contributed by atoms with E-state index in [0.717, 1.165) is 6.54 Å². The lowest BCUT2D eigenvalue weighted by Crippen LogP contribution is -2.29. The van der Waals surface area contributed by atoms with Crippen molar-refractivity contribution in [3.8, 4) is 0 Å². The van der Waals surface area contributed by atoms with E-state index in [0.29, 0.717) is 6.04 Å². The van der Waals surface area contributed by atoms with E-state index >= 15 is 0 Å². The molecule has 1 heterocycles. The van der Waals surface area contributed by atoms with Crippen LogP contribution in [0.15, 0.2) is 24.3 Å². The lowest BCUT2D eigenvalue weighted by molar-refractivity contribution is 0.387. The van der Waals surface area contributed by atoms with Gasteiger partial charge in [-0.1, -0.05) is 50.3 Å².